The Labute approximate surface area is 114 Å². The van der Waals surface area contributed by atoms with E-state index in [-0.39, 0.29) is 12.0 Å². The molecule has 0 fully saturated rings. The van der Waals surface area contributed by atoms with Crippen LogP contribution in [-0.4, -0.2) is 11.8 Å². The molecular weight excluding hydrogens is 234 g/mol. The highest BCUT2D eigenvalue weighted by atomic mass is 16.1. The van der Waals surface area contributed by atoms with Crippen LogP contribution in [0.1, 0.15) is 42.7 Å². The fourth-order valence-corrected chi connectivity index (χ4v) is 3.43. The van der Waals surface area contributed by atoms with E-state index in [1.807, 2.05) is 12.2 Å². The summed E-state index contributed by atoms with van der Waals surface area (Å²) >= 11 is 0. The summed E-state index contributed by atoms with van der Waals surface area (Å²) < 4.78 is 0. The second kappa shape index (κ2) is 5.30. The summed E-state index contributed by atoms with van der Waals surface area (Å²) in [6.45, 7) is 0. The average Bonchev–Trinajstić information content (AvgIpc) is 2.86. The molecule has 2 N–H and O–H groups in total. The van der Waals surface area contributed by atoms with Gasteiger partial charge in [-0.2, -0.15) is 0 Å². The summed E-state index contributed by atoms with van der Waals surface area (Å²) in [5.41, 5.74) is 8.67. The first-order chi connectivity index (χ1) is 9.24. The van der Waals surface area contributed by atoms with Gasteiger partial charge in [0.05, 0.1) is 0 Å². The summed E-state index contributed by atoms with van der Waals surface area (Å²) in [4.78, 5) is 12.4. The number of rotatable bonds is 3. The Morgan fingerprint density at radius 1 is 1.26 bits per heavy atom. The number of allylic oxidation sites excluding steroid dienone is 1. The predicted octanol–water partition coefficient (Wildman–Crippen LogP) is 2.97. The lowest BCUT2D eigenvalue weighted by molar-refractivity contribution is -0.122. The SMILES string of the molecule is NC1C=CC(C(=O)CC2CCCc3ccccc32)C1. The van der Waals surface area contributed by atoms with Crippen LogP contribution >= 0.6 is 0 Å². The van der Waals surface area contributed by atoms with Gasteiger partial charge in [0.1, 0.15) is 5.78 Å². The minimum atomic E-state index is 0.0593. The van der Waals surface area contributed by atoms with E-state index in [0.29, 0.717) is 18.1 Å². The minimum Gasteiger partial charge on any atom is -0.324 e. The van der Waals surface area contributed by atoms with Gasteiger partial charge in [0, 0.05) is 18.4 Å². The van der Waals surface area contributed by atoms with Crippen molar-refractivity contribution < 1.29 is 4.79 Å². The Hall–Kier alpha value is -1.41. The highest BCUT2D eigenvalue weighted by Crippen LogP contribution is 2.35. The Morgan fingerprint density at radius 2 is 2.11 bits per heavy atom. The highest BCUT2D eigenvalue weighted by Gasteiger charge is 2.27. The summed E-state index contributed by atoms with van der Waals surface area (Å²) in [7, 11) is 0. The van der Waals surface area contributed by atoms with Gasteiger partial charge in [0.15, 0.2) is 0 Å². The second-order valence-corrected chi connectivity index (χ2v) is 5.85. The third-order valence-electron chi connectivity index (χ3n) is 4.47. The quantitative estimate of drug-likeness (QED) is 0.844. The van der Waals surface area contributed by atoms with Gasteiger partial charge in [-0.15, -0.1) is 0 Å². The maximum atomic E-state index is 12.4. The molecule has 0 saturated carbocycles. The van der Waals surface area contributed by atoms with Crippen LogP contribution in [0.4, 0.5) is 0 Å². The number of ketones is 1. The van der Waals surface area contributed by atoms with Crippen LogP contribution in [-0.2, 0) is 11.2 Å². The van der Waals surface area contributed by atoms with Crippen molar-refractivity contribution >= 4 is 5.78 Å². The molecule has 3 unspecified atom stereocenters. The summed E-state index contributed by atoms with van der Waals surface area (Å²) in [5.74, 6) is 0.845. The molecule has 0 saturated heterocycles. The largest absolute Gasteiger partial charge is 0.324 e. The van der Waals surface area contributed by atoms with Crippen LogP contribution in [0.2, 0.25) is 0 Å². The van der Waals surface area contributed by atoms with Gasteiger partial charge < -0.3 is 5.73 Å². The average molecular weight is 255 g/mol. The zero-order chi connectivity index (χ0) is 13.2. The van der Waals surface area contributed by atoms with Crippen LogP contribution in [0, 0.1) is 5.92 Å². The van der Waals surface area contributed by atoms with E-state index < -0.39 is 0 Å². The Bertz CT molecular complexity index is 506. The monoisotopic (exact) mass is 255 g/mol. The molecule has 0 aromatic heterocycles. The molecule has 3 atom stereocenters. The minimum absolute atomic E-state index is 0.0593. The van der Waals surface area contributed by atoms with E-state index >= 15 is 0 Å². The van der Waals surface area contributed by atoms with Crippen molar-refractivity contribution in [1.29, 1.82) is 0 Å². The third-order valence-corrected chi connectivity index (χ3v) is 4.47. The Balaban J connectivity index is 1.71. The van der Waals surface area contributed by atoms with Gasteiger partial charge in [0.25, 0.3) is 0 Å². The molecule has 0 heterocycles. The molecule has 0 amide bonds. The number of aryl methyl sites for hydroxylation is 1. The molecule has 2 heteroatoms. The van der Waals surface area contributed by atoms with Crippen molar-refractivity contribution in [3.05, 3.63) is 47.5 Å². The van der Waals surface area contributed by atoms with Crippen molar-refractivity contribution in [2.45, 2.75) is 44.1 Å². The van der Waals surface area contributed by atoms with E-state index in [1.165, 1.54) is 17.5 Å². The molecule has 0 aliphatic heterocycles. The number of benzene rings is 1. The van der Waals surface area contributed by atoms with Gasteiger partial charge in [0.2, 0.25) is 0 Å². The fraction of sp³-hybridized carbons (Fsp3) is 0.471. The number of fused-ring (bicyclic) bond motifs is 1. The van der Waals surface area contributed by atoms with Gasteiger partial charge in [-0.1, -0.05) is 36.4 Å². The topological polar surface area (TPSA) is 43.1 Å². The maximum Gasteiger partial charge on any atom is 0.140 e. The van der Waals surface area contributed by atoms with Crippen LogP contribution in [0.25, 0.3) is 0 Å². The number of Topliss-reactive ketones (excluding diaryl/α,β-unsaturated/α-hetero) is 1. The molecule has 1 aromatic rings. The van der Waals surface area contributed by atoms with E-state index in [2.05, 4.69) is 24.3 Å². The van der Waals surface area contributed by atoms with Gasteiger partial charge in [-0.05, 0) is 42.7 Å². The molecule has 2 nitrogen and oxygen atoms in total. The van der Waals surface area contributed by atoms with Crippen LogP contribution in [0.3, 0.4) is 0 Å². The van der Waals surface area contributed by atoms with Crippen molar-refractivity contribution in [3.8, 4) is 0 Å². The zero-order valence-corrected chi connectivity index (χ0v) is 11.2. The van der Waals surface area contributed by atoms with Crippen molar-refractivity contribution in [1.82, 2.24) is 0 Å². The molecule has 0 bridgehead atoms. The van der Waals surface area contributed by atoms with E-state index in [0.717, 1.165) is 19.3 Å². The fourth-order valence-electron chi connectivity index (χ4n) is 3.43. The maximum absolute atomic E-state index is 12.4. The normalized spacial score (nSPS) is 29.2. The van der Waals surface area contributed by atoms with Gasteiger partial charge in [-0.3, -0.25) is 4.79 Å². The smallest absolute Gasteiger partial charge is 0.140 e. The lowest BCUT2D eigenvalue weighted by atomic mass is 9.79. The van der Waals surface area contributed by atoms with Crippen molar-refractivity contribution in [3.63, 3.8) is 0 Å². The molecule has 2 aliphatic rings. The third kappa shape index (κ3) is 2.64. The predicted molar refractivity (Wildman–Crippen MR) is 77.0 cm³/mol. The summed E-state index contributed by atoms with van der Waals surface area (Å²) in [5, 5.41) is 0. The van der Waals surface area contributed by atoms with Crippen LogP contribution < -0.4 is 5.73 Å². The molecule has 0 radical (unpaired) electrons. The Morgan fingerprint density at radius 3 is 2.89 bits per heavy atom. The van der Waals surface area contributed by atoms with E-state index in [1.54, 1.807) is 0 Å². The number of hydrogen-bond acceptors (Lipinski definition) is 2. The molecule has 3 rings (SSSR count). The number of carbonyl (C=O) groups is 1. The Kier molecular flexibility index (Phi) is 3.52. The first kappa shape index (κ1) is 12.6. The van der Waals surface area contributed by atoms with Crippen LogP contribution in [0.15, 0.2) is 36.4 Å². The molecule has 1 aromatic carbocycles. The standard InChI is InChI=1S/C17H21NO/c18-15-9-8-14(10-15)17(19)11-13-6-3-5-12-4-1-2-7-16(12)13/h1-2,4,7-9,13-15H,3,5-6,10-11,18H2. The summed E-state index contributed by atoms with van der Waals surface area (Å²) in [6, 6.07) is 8.67. The van der Waals surface area contributed by atoms with Crippen molar-refractivity contribution in [2.75, 3.05) is 0 Å². The molecule has 100 valence electrons. The zero-order valence-electron chi connectivity index (χ0n) is 11.2. The first-order valence-electron chi connectivity index (χ1n) is 7.28. The molecule has 0 spiro atoms. The first-order valence-corrected chi connectivity index (χ1v) is 7.28. The van der Waals surface area contributed by atoms with Gasteiger partial charge in [-0.25, -0.2) is 0 Å². The molecule has 19 heavy (non-hydrogen) atoms. The summed E-state index contributed by atoms with van der Waals surface area (Å²) in [6.07, 6.45) is 8.96. The highest BCUT2D eigenvalue weighted by molar-refractivity contribution is 5.84. The molecular formula is C17H21NO. The van der Waals surface area contributed by atoms with Gasteiger partial charge >= 0.3 is 0 Å². The van der Waals surface area contributed by atoms with Crippen molar-refractivity contribution in [2.24, 2.45) is 11.7 Å². The second-order valence-electron chi connectivity index (χ2n) is 5.85. The van der Waals surface area contributed by atoms with E-state index in [9.17, 15) is 4.79 Å². The number of carbonyl (C=O) groups excluding carboxylic acids is 1. The number of nitrogens with two attached hydrogens (primary N) is 1. The lowest BCUT2D eigenvalue weighted by Crippen LogP contribution is -2.21. The lowest BCUT2D eigenvalue weighted by Gasteiger charge is -2.25. The number of hydrogen-bond donors (Lipinski definition) is 1. The molecule has 2 aliphatic carbocycles. The van der Waals surface area contributed by atoms with E-state index in [4.69, 9.17) is 5.73 Å². The van der Waals surface area contributed by atoms with Crippen LogP contribution in [0.5, 0.6) is 0 Å².